The van der Waals surface area contributed by atoms with Crippen molar-refractivity contribution in [2.45, 2.75) is 38.0 Å². The molecule has 0 bridgehead atoms. The molecule has 136 valence electrons. The molecule has 0 atom stereocenters. The van der Waals surface area contributed by atoms with Crippen molar-refractivity contribution >= 4 is 17.5 Å². The lowest BCUT2D eigenvalue weighted by Gasteiger charge is -2.30. The van der Waals surface area contributed by atoms with E-state index in [9.17, 15) is 9.18 Å². The maximum absolute atomic E-state index is 13.1. The Balaban J connectivity index is 1.42. The Labute approximate surface area is 152 Å². The van der Waals surface area contributed by atoms with Crippen LogP contribution in [-0.4, -0.2) is 29.0 Å². The molecule has 1 N–H and O–H groups in total. The fraction of sp³-hybridized carbons (Fsp3) is 0.450. The Morgan fingerprint density at radius 3 is 2.35 bits per heavy atom. The van der Waals surface area contributed by atoms with E-state index in [1.54, 1.807) is 24.5 Å². The summed E-state index contributed by atoms with van der Waals surface area (Å²) in [5, 5.41) is 2.92. The van der Waals surface area contributed by atoms with Crippen LogP contribution in [-0.2, 0) is 10.2 Å². The average molecular weight is 354 g/mol. The molecule has 1 aromatic heterocycles. The summed E-state index contributed by atoms with van der Waals surface area (Å²) in [6, 6.07) is 6.19. The van der Waals surface area contributed by atoms with Crippen LogP contribution in [0.2, 0.25) is 0 Å². The van der Waals surface area contributed by atoms with Crippen LogP contribution in [0.3, 0.4) is 0 Å². The van der Waals surface area contributed by atoms with Crippen molar-refractivity contribution < 1.29 is 9.18 Å². The molecule has 2 fully saturated rings. The second-order valence-electron chi connectivity index (χ2n) is 7.48. The third kappa shape index (κ3) is 3.28. The molecule has 2 heterocycles. The number of anilines is 2. The van der Waals surface area contributed by atoms with Crippen LogP contribution in [0.1, 0.15) is 38.2 Å². The van der Waals surface area contributed by atoms with Gasteiger partial charge < -0.3 is 10.2 Å². The maximum atomic E-state index is 13.1. The fourth-order valence-electron chi connectivity index (χ4n) is 3.55. The molecule has 1 saturated carbocycles. The van der Waals surface area contributed by atoms with Crippen molar-refractivity contribution in [3.05, 3.63) is 48.0 Å². The summed E-state index contributed by atoms with van der Waals surface area (Å²) in [7, 11) is 0. The Morgan fingerprint density at radius 1 is 1.15 bits per heavy atom. The molecule has 0 unspecified atom stereocenters. The summed E-state index contributed by atoms with van der Waals surface area (Å²) in [5.74, 6) is 1.11. The number of nitrogens with one attached hydrogen (secondary N) is 1. The summed E-state index contributed by atoms with van der Waals surface area (Å²) in [6.07, 6.45) is 7.19. The molecule has 0 radical (unpaired) electrons. The summed E-state index contributed by atoms with van der Waals surface area (Å²) < 4.78 is 13.1. The molecule has 4 rings (SSSR count). The molecular formula is C20H23FN4O. The molecule has 2 aliphatic rings. The van der Waals surface area contributed by atoms with Crippen LogP contribution in [0, 0.1) is 11.7 Å². The van der Waals surface area contributed by atoms with Crippen LogP contribution >= 0.6 is 0 Å². The normalized spacial score (nSPS) is 19.2. The molecular weight excluding hydrogens is 331 g/mol. The van der Waals surface area contributed by atoms with E-state index in [-0.39, 0.29) is 11.7 Å². The molecule has 0 spiro atoms. The number of carbonyl (C=O) groups is 1. The fourth-order valence-corrected chi connectivity index (χ4v) is 3.55. The second-order valence-corrected chi connectivity index (χ2v) is 7.48. The lowest BCUT2D eigenvalue weighted by molar-refractivity contribution is -0.118. The Hall–Kier alpha value is -2.50. The molecule has 1 aromatic carbocycles. The van der Waals surface area contributed by atoms with E-state index < -0.39 is 5.41 Å². The molecule has 1 saturated heterocycles. The highest BCUT2D eigenvalue weighted by atomic mass is 19.1. The third-order valence-electron chi connectivity index (χ3n) is 5.54. The minimum Gasteiger partial charge on any atom is -0.341 e. The number of hydrogen-bond donors (Lipinski definition) is 1. The van der Waals surface area contributed by atoms with Gasteiger partial charge in [-0.15, -0.1) is 0 Å². The highest BCUT2D eigenvalue weighted by Crippen LogP contribution is 2.49. The Morgan fingerprint density at radius 2 is 1.77 bits per heavy atom. The van der Waals surface area contributed by atoms with Crippen molar-refractivity contribution in [2.24, 2.45) is 5.92 Å². The third-order valence-corrected chi connectivity index (χ3v) is 5.54. The molecule has 1 aliphatic carbocycles. The Kier molecular flexibility index (Phi) is 4.34. The number of hydrogen-bond acceptors (Lipinski definition) is 4. The van der Waals surface area contributed by atoms with Gasteiger partial charge in [-0.1, -0.05) is 19.1 Å². The van der Waals surface area contributed by atoms with Crippen LogP contribution in [0.4, 0.5) is 16.0 Å². The van der Waals surface area contributed by atoms with Gasteiger partial charge in [0.1, 0.15) is 5.82 Å². The van der Waals surface area contributed by atoms with Crippen LogP contribution in [0.5, 0.6) is 0 Å². The summed E-state index contributed by atoms with van der Waals surface area (Å²) in [4.78, 5) is 23.8. The van der Waals surface area contributed by atoms with E-state index in [0.29, 0.717) is 5.69 Å². The van der Waals surface area contributed by atoms with Gasteiger partial charge in [0, 0.05) is 13.1 Å². The molecule has 26 heavy (non-hydrogen) atoms. The summed E-state index contributed by atoms with van der Waals surface area (Å²) in [6.45, 7) is 4.22. The lowest BCUT2D eigenvalue weighted by atomic mass is 9.95. The summed E-state index contributed by atoms with van der Waals surface area (Å²) >= 11 is 0. The van der Waals surface area contributed by atoms with Gasteiger partial charge in [0.25, 0.3) is 0 Å². The van der Waals surface area contributed by atoms with E-state index in [1.807, 2.05) is 0 Å². The van der Waals surface area contributed by atoms with Crippen molar-refractivity contribution in [2.75, 3.05) is 23.3 Å². The topological polar surface area (TPSA) is 58.1 Å². The standard InChI is InChI=1S/C20H23FN4O/c1-14-6-10-25(11-7-14)19-22-12-17(13-23-19)24-18(26)20(8-9-20)15-2-4-16(21)5-3-15/h2-5,12-14H,6-11H2,1H3,(H,24,26). The first-order valence-corrected chi connectivity index (χ1v) is 9.21. The van der Waals surface area contributed by atoms with Gasteiger partial charge in [0.2, 0.25) is 11.9 Å². The number of halogens is 1. The van der Waals surface area contributed by atoms with Crippen LogP contribution in [0.15, 0.2) is 36.7 Å². The minimum absolute atomic E-state index is 0.0766. The van der Waals surface area contributed by atoms with Gasteiger partial charge in [-0.25, -0.2) is 14.4 Å². The van der Waals surface area contributed by atoms with E-state index in [4.69, 9.17) is 0 Å². The highest BCUT2D eigenvalue weighted by molar-refractivity contribution is 6.01. The molecule has 1 aliphatic heterocycles. The predicted octanol–water partition coefficient (Wildman–Crippen LogP) is 3.52. The zero-order valence-corrected chi connectivity index (χ0v) is 14.9. The first-order chi connectivity index (χ1) is 12.6. The van der Waals surface area contributed by atoms with Gasteiger partial charge in [-0.3, -0.25) is 4.79 Å². The molecule has 6 heteroatoms. The minimum atomic E-state index is -0.546. The van der Waals surface area contributed by atoms with Crippen LogP contribution in [0.25, 0.3) is 0 Å². The number of carbonyl (C=O) groups excluding carboxylic acids is 1. The van der Waals surface area contributed by atoms with Crippen molar-refractivity contribution in [1.29, 1.82) is 0 Å². The van der Waals surface area contributed by atoms with Gasteiger partial charge in [0.05, 0.1) is 23.5 Å². The quantitative estimate of drug-likeness (QED) is 0.913. The zero-order chi connectivity index (χ0) is 18.1. The number of aromatic nitrogens is 2. The van der Waals surface area contributed by atoms with E-state index in [1.165, 1.54) is 12.1 Å². The first kappa shape index (κ1) is 16.9. The van der Waals surface area contributed by atoms with Gasteiger partial charge in [-0.05, 0) is 49.3 Å². The Bertz CT molecular complexity index is 778. The zero-order valence-electron chi connectivity index (χ0n) is 14.9. The van der Waals surface area contributed by atoms with E-state index >= 15 is 0 Å². The number of piperidine rings is 1. The highest BCUT2D eigenvalue weighted by Gasteiger charge is 2.51. The summed E-state index contributed by atoms with van der Waals surface area (Å²) in [5.41, 5.74) is 0.906. The monoisotopic (exact) mass is 354 g/mol. The van der Waals surface area contributed by atoms with E-state index in [2.05, 4.69) is 27.1 Å². The number of benzene rings is 1. The van der Waals surface area contributed by atoms with Crippen molar-refractivity contribution in [3.8, 4) is 0 Å². The second kappa shape index (κ2) is 6.67. The smallest absolute Gasteiger partial charge is 0.235 e. The molecule has 2 aromatic rings. The first-order valence-electron chi connectivity index (χ1n) is 9.21. The van der Waals surface area contributed by atoms with E-state index in [0.717, 1.165) is 56.2 Å². The number of amides is 1. The SMILES string of the molecule is CC1CCN(c2ncc(NC(=O)C3(c4ccc(F)cc4)CC3)cn2)CC1. The van der Waals surface area contributed by atoms with Crippen LogP contribution < -0.4 is 10.2 Å². The molecule has 5 nitrogen and oxygen atoms in total. The maximum Gasteiger partial charge on any atom is 0.235 e. The van der Waals surface area contributed by atoms with Gasteiger partial charge in [-0.2, -0.15) is 0 Å². The number of nitrogens with zero attached hydrogens (tertiary/aromatic N) is 3. The predicted molar refractivity (Wildman–Crippen MR) is 98.6 cm³/mol. The largest absolute Gasteiger partial charge is 0.341 e. The lowest BCUT2D eigenvalue weighted by Crippen LogP contribution is -2.34. The average Bonchev–Trinajstić information content (AvgIpc) is 3.46. The van der Waals surface area contributed by atoms with Gasteiger partial charge in [0.15, 0.2) is 0 Å². The van der Waals surface area contributed by atoms with Crippen molar-refractivity contribution in [3.63, 3.8) is 0 Å². The van der Waals surface area contributed by atoms with Gasteiger partial charge >= 0.3 is 0 Å². The molecule has 1 amide bonds. The number of rotatable bonds is 4. The van der Waals surface area contributed by atoms with Crippen molar-refractivity contribution in [1.82, 2.24) is 9.97 Å².